The molecule has 3 aromatic carbocycles. The molecule has 4 nitrogen and oxygen atoms in total. The van der Waals surface area contributed by atoms with Crippen LogP contribution in [0.3, 0.4) is 0 Å². The largest absolute Gasteiger partial charge is 0.316 e. The predicted octanol–water partition coefficient (Wildman–Crippen LogP) is 6.61. The van der Waals surface area contributed by atoms with E-state index in [0.29, 0.717) is 38.1 Å². The molecule has 1 amide bonds. The van der Waals surface area contributed by atoms with Crippen molar-refractivity contribution in [3.8, 4) is 6.07 Å². The topological polar surface area (TPSA) is 70.0 Å². The summed E-state index contributed by atoms with van der Waals surface area (Å²) in [5.41, 5.74) is 2.02. The summed E-state index contributed by atoms with van der Waals surface area (Å²) in [6.07, 6.45) is 0.0472. The minimum absolute atomic E-state index is 0.0472. The lowest BCUT2D eigenvalue weighted by Crippen LogP contribution is -2.24. The van der Waals surface area contributed by atoms with Crippen molar-refractivity contribution < 1.29 is 9.59 Å². The number of nitriles is 1. The molecule has 6 heteroatoms. The average Bonchev–Trinajstić information content (AvgIpc) is 2.85. The van der Waals surface area contributed by atoms with Gasteiger partial charge in [-0.25, -0.2) is 0 Å². The molecule has 166 valence electrons. The zero-order valence-corrected chi connectivity index (χ0v) is 19.7. The van der Waals surface area contributed by atoms with Crippen molar-refractivity contribution in [2.75, 3.05) is 5.75 Å². The first kappa shape index (κ1) is 24.3. The summed E-state index contributed by atoms with van der Waals surface area (Å²) in [6.45, 7) is 1.94. The molecule has 0 aliphatic heterocycles. The number of hydrogen-bond donors (Lipinski definition) is 1. The minimum atomic E-state index is -0.610. The van der Waals surface area contributed by atoms with Crippen LogP contribution in [0.2, 0.25) is 5.02 Å². The lowest BCUT2D eigenvalue weighted by atomic mass is 9.86. The van der Waals surface area contributed by atoms with Crippen molar-refractivity contribution in [1.82, 2.24) is 5.32 Å². The Morgan fingerprint density at radius 3 is 2.09 bits per heavy atom. The molecule has 33 heavy (non-hydrogen) atoms. The number of carbonyl (C=O) groups is 2. The van der Waals surface area contributed by atoms with E-state index in [1.54, 1.807) is 60.7 Å². The molecule has 3 aromatic rings. The van der Waals surface area contributed by atoms with Crippen LogP contribution in [0.1, 0.15) is 45.5 Å². The second-order valence-electron chi connectivity index (χ2n) is 7.18. The van der Waals surface area contributed by atoms with Gasteiger partial charge in [0.15, 0.2) is 5.78 Å². The van der Waals surface area contributed by atoms with E-state index in [1.165, 1.54) is 11.8 Å². The standard InChI is InChI=1S/C27H23ClN2O2S/c1-2-33-27(30-26(32)20-13-7-4-8-14-20)23(18-29)22(21-15-9-10-16-24(21)28)17-25(31)19-11-5-3-6-12-19/h3-16,22H,2,17H2,1H3,(H,30,32)/b27-23+/t22-/m1/s1. The van der Waals surface area contributed by atoms with E-state index in [1.807, 2.05) is 31.2 Å². The van der Waals surface area contributed by atoms with Crippen LogP contribution in [0.15, 0.2) is 95.5 Å². The maximum absolute atomic E-state index is 13.1. The van der Waals surface area contributed by atoms with Crippen LogP contribution >= 0.6 is 23.4 Å². The van der Waals surface area contributed by atoms with Crippen molar-refractivity contribution in [2.45, 2.75) is 19.3 Å². The van der Waals surface area contributed by atoms with E-state index < -0.39 is 5.92 Å². The number of thioether (sulfide) groups is 1. The van der Waals surface area contributed by atoms with Crippen LogP contribution in [0, 0.1) is 11.3 Å². The highest BCUT2D eigenvalue weighted by Gasteiger charge is 2.27. The van der Waals surface area contributed by atoms with Gasteiger partial charge in [-0.1, -0.05) is 85.3 Å². The van der Waals surface area contributed by atoms with E-state index in [9.17, 15) is 14.9 Å². The minimum Gasteiger partial charge on any atom is -0.316 e. The number of amides is 1. The van der Waals surface area contributed by atoms with E-state index in [-0.39, 0.29) is 18.1 Å². The van der Waals surface area contributed by atoms with Crippen LogP contribution in [0.25, 0.3) is 0 Å². The molecule has 1 N–H and O–H groups in total. The summed E-state index contributed by atoms with van der Waals surface area (Å²) < 4.78 is 0. The van der Waals surface area contributed by atoms with Gasteiger partial charge in [-0.2, -0.15) is 5.26 Å². The lowest BCUT2D eigenvalue weighted by Gasteiger charge is -2.21. The van der Waals surface area contributed by atoms with E-state index >= 15 is 0 Å². The summed E-state index contributed by atoms with van der Waals surface area (Å²) in [4.78, 5) is 26.0. The summed E-state index contributed by atoms with van der Waals surface area (Å²) in [5, 5.41) is 14.0. The highest BCUT2D eigenvalue weighted by molar-refractivity contribution is 8.03. The summed E-state index contributed by atoms with van der Waals surface area (Å²) in [6, 6.07) is 27.2. The highest BCUT2D eigenvalue weighted by atomic mass is 35.5. The third kappa shape index (κ3) is 6.35. The number of hydrogen-bond acceptors (Lipinski definition) is 4. The quantitative estimate of drug-likeness (QED) is 0.279. The van der Waals surface area contributed by atoms with Crippen LogP contribution < -0.4 is 5.32 Å². The number of ketones is 1. The van der Waals surface area contributed by atoms with E-state index in [4.69, 9.17) is 11.6 Å². The number of halogens is 1. The zero-order valence-electron chi connectivity index (χ0n) is 18.1. The Bertz CT molecular complexity index is 1190. The van der Waals surface area contributed by atoms with Crippen molar-refractivity contribution in [1.29, 1.82) is 5.26 Å². The predicted molar refractivity (Wildman–Crippen MR) is 134 cm³/mol. The third-order valence-electron chi connectivity index (χ3n) is 5.03. The van der Waals surface area contributed by atoms with Crippen LogP contribution in [-0.2, 0) is 0 Å². The molecule has 0 unspecified atom stereocenters. The van der Waals surface area contributed by atoms with Crippen LogP contribution in [0.4, 0.5) is 0 Å². The molecule has 0 saturated heterocycles. The molecule has 0 saturated carbocycles. The molecule has 0 aliphatic rings. The van der Waals surface area contributed by atoms with Crippen molar-refractivity contribution in [2.24, 2.45) is 0 Å². The van der Waals surface area contributed by atoms with Crippen LogP contribution in [0.5, 0.6) is 0 Å². The van der Waals surface area contributed by atoms with Gasteiger partial charge in [-0.15, -0.1) is 11.8 Å². The summed E-state index contributed by atoms with van der Waals surface area (Å²) in [5.74, 6) is -0.395. The number of rotatable bonds is 9. The van der Waals surface area contributed by atoms with Gasteiger partial charge < -0.3 is 5.32 Å². The van der Waals surface area contributed by atoms with Gasteiger partial charge in [-0.05, 0) is 29.5 Å². The number of nitrogens with zero attached hydrogens (tertiary/aromatic N) is 1. The normalized spacial score (nSPS) is 12.3. The van der Waals surface area contributed by atoms with Gasteiger partial charge in [0, 0.05) is 28.5 Å². The number of nitrogens with one attached hydrogen (secondary N) is 1. The molecule has 0 aromatic heterocycles. The summed E-state index contributed by atoms with van der Waals surface area (Å²) >= 11 is 7.85. The molecule has 0 spiro atoms. The number of benzene rings is 3. The second-order valence-corrected chi connectivity index (χ2v) is 8.86. The first-order valence-electron chi connectivity index (χ1n) is 10.5. The zero-order chi connectivity index (χ0) is 23.6. The molecule has 0 aliphatic carbocycles. The van der Waals surface area contributed by atoms with Gasteiger partial charge in [-0.3, -0.25) is 9.59 Å². The highest BCUT2D eigenvalue weighted by Crippen LogP contribution is 2.37. The molecular weight excluding hydrogens is 452 g/mol. The fourth-order valence-corrected chi connectivity index (χ4v) is 4.49. The van der Waals surface area contributed by atoms with Gasteiger partial charge >= 0.3 is 0 Å². The Kier molecular flexibility index (Phi) is 8.88. The Hall–Kier alpha value is -3.33. The Morgan fingerprint density at radius 1 is 0.939 bits per heavy atom. The fourth-order valence-electron chi connectivity index (χ4n) is 3.43. The van der Waals surface area contributed by atoms with Gasteiger partial charge in [0.05, 0.1) is 16.7 Å². The Labute approximate surface area is 203 Å². The molecule has 0 bridgehead atoms. The molecule has 0 fully saturated rings. The maximum atomic E-state index is 13.1. The smallest absolute Gasteiger partial charge is 0.256 e. The molecular formula is C27H23ClN2O2S. The monoisotopic (exact) mass is 474 g/mol. The Morgan fingerprint density at radius 2 is 1.52 bits per heavy atom. The lowest BCUT2D eigenvalue weighted by molar-refractivity contribution is 0.0966. The molecule has 3 rings (SSSR count). The number of allylic oxidation sites excluding steroid dienone is 1. The molecule has 0 radical (unpaired) electrons. The van der Waals surface area contributed by atoms with E-state index in [2.05, 4.69) is 11.4 Å². The number of carbonyl (C=O) groups excluding carboxylic acids is 2. The third-order valence-corrected chi connectivity index (χ3v) is 6.27. The van der Waals surface area contributed by atoms with Crippen LogP contribution in [-0.4, -0.2) is 17.4 Å². The van der Waals surface area contributed by atoms with Gasteiger partial charge in [0.25, 0.3) is 5.91 Å². The first-order chi connectivity index (χ1) is 16.0. The number of Topliss-reactive ketones (excluding diaryl/α,β-unsaturated/α-hetero) is 1. The maximum Gasteiger partial charge on any atom is 0.256 e. The van der Waals surface area contributed by atoms with Gasteiger partial charge in [0.1, 0.15) is 0 Å². The Balaban J connectivity index is 2.06. The first-order valence-corrected chi connectivity index (χ1v) is 11.9. The van der Waals surface area contributed by atoms with Crippen molar-refractivity contribution >= 4 is 35.1 Å². The van der Waals surface area contributed by atoms with Gasteiger partial charge in [0.2, 0.25) is 0 Å². The average molecular weight is 475 g/mol. The van der Waals surface area contributed by atoms with Crippen molar-refractivity contribution in [3.05, 3.63) is 117 Å². The second kappa shape index (κ2) is 12.1. The van der Waals surface area contributed by atoms with E-state index in [0.717, 1.165) is 0 Å². The molecule has 0 heterocycles. The van der Waals surface area contributed by atoms with Crippen molar-refractivity contribution in [3.63, 3.8) is 0 Å². The molecule has 1 atom stereocenters. The fraction of sp³-hybridized carbons (Fsp3) is 0.148. The summed E-state index contributed by atoms with van der Waals surface area (Å²) in [7, 11) is 0. The SMILES string of the molecule is CCS/C(NC(=O)c1ccccc1)=C(\C#N)[C@H](CC(=O)c1ccccc1)c1ccccc1Cl.